The molecule has 0 bridgehead atoms. The molecule has 1 unspecified atom stereocenters. The van der Waals surface area contributed by atoms with Gasteiger partial charge < -0.3 is 15.6 Å². The number of rotatable bonds is 3. The number of aromatic nitrogens is 3. The van der Waals surface area contributed by atoms with E-state index in [1.807, 2.05) is 0 Å². The summed E-state index contributed by atoms with van der Waals surface area (Å²) < 4.78 is 15.6. The first-order chi connectivity index (χ1) is 9.40. The summed E-state index contributed by atoms with van der Waals surface area (Å²) in [6.45, 7) is 3.31. The monoisotopic (exact) mass is 277 g/mol. The smallest absolute Gasteiger partial charge is 0.254 e. The summed E-state index contributed by atoms with van der Waals surface area (Å²) in [5.74, 6) is -0.519. The van der Waals surface area contributed by atoms with E-state index < -0.39 is 17.8 Å². The van der Waals surface area contributed by atoms with Gasteiger partial charge >= 0.3 is 0 Å². The number of nitrogen functional groups attached to an aromatic ring is 1. The van der Waals surface area contributed by atoms with Gasteiger partial charge in [-0.15, -0.1) is 10.2 Å². The average Bonchev–Trinajstić information content (AvgIpc) is 2.79. The van der Waals surface area contributed by atoms with Crippen LogP contribution in [0.3, 0.4) is 0 Å². The van der Waals surface area contributed by atoms with Gasteiger partial charge in [0.15, 0.2) is 5.82 Å². The van der Waals surface area contributed by atoms with Crippen molar-refractivity contribution in [1.29, 1.82) is 0 Å². The lowest BCUT2D eigenvalue weighted by Gasteiger charge is -2.14. The average molecular weight is 277 g/mol. The second-order valence-electron chi connectivity index (χ2n) is 4.69. The molecule has 0 aliphatic carbocycles. The number of hydrogen-bond donors (Lipinski definition) is 2. The van der Waals surface area contributed by atoms with Gasteiger partial charge in [0.1, 0.15) is 12.1 Å². The van der Waals surface area contributed by atoms with Crippen molar-refractivity contribution >= 4 is 11.6 Å². The maximum atomic E-state index is 14.0. The van der Waals surface area contributed by atoms with E-state index in [1.54, 1.807) is 25.5 Å². The van der Waals surface area contributed by atoms with Crippen LogP contribution in [0.15, 0.2) is 18.5 Å². The Labute approximate surface area is 115 Å². The first kappa shape index (κ1) is 14.0. The first-order valence-electron chi connectivity index (χ1n) is 6.10. The normalized spacial score (nSPS) is 12.2. The van der Waals surface area contributed by atoms with E-state index >= 15 is 0 Å². The van der Waals surface area contributed by atoms with Gasteiger partial charge in [-0.2, -0.15) is 0 Å². The quantitative estimate of drug-likeness (QED) is 0.829. The highest BCUT2D eigenvalue weighted by Gasteiger charge is 2.19. The van der Waals surface area contributed by atoms with Crippen molar-refractivity contribution in [2.24, 2.45) is 7.05 Å². The Morgan fingerprint density at radius 2 is 2.20 bits per heavy atom. The van der Waals surface area contributed by atoms with Crippen LogP contribution in [0, 0.1) is 12.7 Å². The minimum absolute atomic E-state index is 0.0727. The Hall–Kier alpha value is -2.44. The summed E-state index contributed by atoms with van der Waals surface area (Å²) in [5.41, 5.74) is 6.25. The second-order valence-corrected chi connectivity index (χ2v) is 4.69. The topological polar surface area (TPSA) is 85.8 Å². The highest BCUT2D eigenvalue weighted by Crippen LogP contribution is 2.18. The molecule has 3 N–H and O–H groups in total. The molecule has 0 radical (unpaired) electrons. The van der Waals surface area contributed by atoms with Crippen molar-refractivity contribution in [3.63, 3.8) is 0 Å². The molecule has 7 heteroatoms. The van der Waals surface area contributed by atoms with Crippen LogP contribution in [0.4, 0.5) is 10.1 Å². The summed E-state index contributed by atoms with van der Waals surface area (Å²) in [6.07, 6.45) is 1.53. The fourth-order valence-corrected chi connectivity index (χ4v) is 1.99. The Morgan fingerprint density at radius 1 is 1.50 bits per heavy atom. The molecule has 1 amide bonds. The summed E-state index contributed by atoms with van der Waals surface area (Å²) in [4.78, 5) is 12.1. The number of benzene rings is 1. The summed E-state index contributed by atoms with van der Waals surface area (Å²) in [5, 5.41) is 10.3. The number of hydrogen-bond acceptors (Lipinski definition) is 4. The van der Waals surface area contributed by atoms with E-state index in [4.69, 9.17) is 5.73 Å². The zero-order valence-corrected chi connectivity index (χ0v) is 11.5. The van der Waals surface area contributed by atoms with E-state index in [2.05, 4.69) is 15.5 Å². The molecular formula is C13H16FN5O. The highest BCUT2D eigenvalue weighted by molar-refractivity contribution is 5.95. The molecule has 0 saturated heterocycles. The molecule has 2 rings (SSSR count). The number of carbonyl (C=O) groups is 1. The molecule has 1 heterocycles. The van der Waals surface area contributed by atoms with Gasteiger partial charge in [0.2, 0.25) is 0 Å². The molecule has 1 aromatic heterocycles. The zero-order valence-electron chi connectivity index (χ0n) is 11.5. The third-order valence-electron chi connectivity index (χ3n) is 3.00. The molecule has 106 valence electrons. The molecule has 20 heavy (non-hydrogen) atoms. The number of anilines is 1. The molecule has 0 spiro atoms. The van der Waals surface area contributed by atoms with Crippen LogP contribution in [0.5, 0.6) is 0 Å². The summed E-state index contributed by atoms with van der Waals surface area (Å²) in [7, 11) is 1.77. The van der Waals surface area contributed by atoms with Gasteiger partial charge in [-0.3, -0.25) is 4.79 Å². The highest BCUT2D eigenvalue weighted by atomic mass is 19.1. The predicted octanol–water partition coefficient (Wildman–Crippen LogP) is 1.34. The molecule has 0 fully saturated rings. The fourth-order valence-electron chi connectivity index (χ4n) is 1.99. The van der Waals surface area contributed by atoms with Crippen molar-refractivity contribution in [3.05, 3.63) is 41.2 Å². The van der Waals surface area contributed by atoms with Gasteiger partial charge in [0.25, 0.3) is 5.91 Å². The molecule has 0 aliphatic heterocycles. The lowest BCUT2D eigenvalue weighted by Crippen LogP contribution is -2.29. The van der Waals surface area contributed by atoms with Crippen LogP contribution >= 0.6 is 0 Å². The van der Waals surface area contributed by atoms with E-state index in [-0.39, 0.29) is 5.56 Å². The van der Waals surface area contributed by atoms with Crippen molar-refractivity contribution in [2.45, 2.75) is 19.9 Å². The van der Waals surface area contributed by atoms with Gasteiger partial charge in [-0.1, -0.05) is 0 Å². The molecule has 6 nitrogen and oxygen atoms in total. The number of nitrogens with zero attached hydrogens (tertiary/aromatic N) is 3. The van der Waals surface area contributed by atoms with Crippen LogP contribution in [0.1, 0.15) is 34.7 Å². The largest absolute Gasteiger partial charge is 0.399 e. The molecular weight excluding hydrogens is 261 g/mol. The third-order valence-corrected chi connectivity index (χ3v) is 3.00. The van der Waals surface area contributed by atoms with Crippen LogP contribution in [0.25, 0.3) is 0 Å². The van der Waals surface area contributed by atoms with Crippen LogP contribution in [-0.4, -0.2) is 20.7 Å². The lowest BCUT2D eigenvalue weighted by molar-refractivity contribution is 0.0933. The Morgan fingerprint density at radius 3 is 2.80 bits per heavy atom. The van der Waals surface area contributed by atoms with Crippen molar-refractivity contribution < 1.29 is 9.18 Å². The maximum absolute atomic E-state index is 14.0. The SMILES string of the molecule is Cc1cc(N)cc(C(=O)NC(C)c2nncn2C)c1F. The van der Waals surface area contributed by atoms with Crippen molar-refractivity contribution in [1.82, 2.24) is 20.1 Å². The number of nitrogens with two attached hydrogens (primary N) is 1. The number of aryl methyl sites for hydroxylation is 2. The number of amides is 1. The molecule has 0 saturated carbocycles. The molecule has 1 atom stereocenters. The van der Waals surface area contributed by atoms with Gasteiger partial charge in [-0.05, 0) is 31.5 Å². The standard InChI is InChI=1S/C13H16FN5O/c1-7-4-9(15)5-10(11(7)14)13(20)17-8(2)12-18-16-6-19(12)3/h4-6,8H,15H2,1-3H3,(H,17,20). The number of nitrogens with one attached hydrogen (secondary N) is 1. The third kappa shape index (κ3) is 2.61. The van der Waals surface area contributed by atoms with E-state index in [9.17, 15) is 9.18 Å². The van der Waals surface area contributed by atoms with E-state index in [0.29, 0.717) is 17.1 Å². The van der Waals surface area contributed by atoms with Crippen molar-refractivity contribution in [2.75, 3.05) is 5.73 Å². The first-order valence-corrected chi connectivity index (χ1v) is 6.10. The lowest BCUT2D eigenvalue weighted by atomic mass is 10.1. The van der Waals surface area contributed by atoms with Gasteiger partial charge in [0, 0.05) is 12.7 Å². The van der Waals surface area contributed by atoms with Crippen LogP contribution in [-0.2, 0) is 7.05 Å². The summed E-state index contributed by atoms with van der Waals surface area (Å²) >= 11 is 0. The van der Waals surface area contributed by atoms with Gasteiger partial charge in [-0.25, -0.2) is 4.39 Å². The molecule has 0 aliphatic rings. The van der Waals surface area contributed by atoms with Crippen molar-refractivity contribution in [3.8, 4) is 0 Å². The van der Waals surface area contributed by atoms with Gasteiger partial charge in [0.05, 0.1) is 11.6 Å². The zero-order chi connectivity index (χ0) is 14.9. The molecule has 2 aromatic rings. The fraction of sp³-hybridized carbons (Fsp3) is 0.308. The Kier molecular flexibility index (Phi) is 3.69. The Balaban J connectivity index is 2.23. The predicted molar refractivity (Wildman–Crippen MR) is 72.4 cm³/mol. The van der Waals surface area contributed by atoms with E-state index in [1.165, 1.54) is 18.5 Å². The minimum atomic E-state index is -0.568. The van der Waals surface area contributed by atoms with Crippen LogP contribution in [0.2, 0.25) is 0 Å². The van der Waals surface area contributed by atoms with Crippen LogP contribution < -0.4 is 11.1 Å². The number of carbonyl (C=O) groups excluding carboxylic acids is 1. The number of halogens is 1. The molecule has 1 aromatic carbocycles. The summed E-state index contributed by atoms with van der Waals surface area (Å²) in [6, 6.07) is 2.41. The Bertz CT molecular complexity index is 652. The van der Waals surface area contributed by atoms with E-state index in [0.717, 1.165) is 0 Å². The second kappa shape index (κ2) is 5.28. The minimum Gasteiger partial charge on any atom is -0.399 e. The maximum Gasteiger partial charge on any atom is 0.254 e.